The van der Waals surface area contributed by atoms with Gasteiger partial charge in [0.15, 0.2) is 0 Å². The molecule has 0 spiro atoms. The Morgan fingerprint density at radius 2 is 1.73 bits per heavy atom. The number of amidine groups is 1. The highest BCUT2D eigenvalue weighted by Gasteiger charge is 2.03. The number of benzene rings is 1. The average molecular weight is 457 g/mol. The molecule has 33 heavy (non-hydrogen) atoms. The first-order valence-electron chi connectivity index (χ1n) is 12.5. The van der Waals surface area contributed by atoms with Crippen molar-refractivity contribution in [3.8, 4) is 12.8 Å². The quantitative estimate of drug-likeness (QED) is 0.103. The van der Waals surface area contributed by atoms with Gasteiger partial charge in [-0.05, 0) is 75.1 Å². The van der Waals surface area contributed by atoms with Crippen LogP contribution in [0.4, 0.5) is 4.39 Å². The highest BCUT2D eigenvalue weighted by Crippen LogP contribution is 2.22. The molecule has 186 valence electrons. The SMILES string of the molecule is C#C.C=C(C)CCCCCNC(CCCC)=NC.CC/C=C(\CCC)c1ccc(C)c(F)c1. The zero-order chi connectivity index (χ0) is 25.5. The normalized spacial score (nSPS) is 11.1. The van der Waals surface area contributed by atoms with Crippen molar-refractivity contribution in [2.45, 2.75) is 98.8 Å². The number of unbranched alkanes of at least 4 members (excludes halogenated alkanes) is 3. The molecule has 1 aromatic rings. The molecule has 0 bridgehead atoms. The lowest BCUT2D eigenvalue weighted by molar-refractivity contribution is 0.618. The average Bonchev–Trinajstić information content (AvgIpc) is 2.81. The van der Waals surface area contributed by atoms with Crippen molar-refractivity contribution in [3.63, 3.8) is 0 Å². The lowest BCUT2D eigenvalue weighted by Crippen LogP contribution is -2.24. The summed E-state index contributed by atoms with van der Waals surface area (Å²) >= 11 is 0. The first-order valence-corrected chi connectivity index (χ1v) is 12.5. The molecule has 0 amide bonds. The van der Waals surface area contributed by atoms with Crippen molar-refractivity contribution < 1.29 is 4.39 Å². The number of hydrogen-bond donors (Lipinski definition) is 1. The zero-order valence-corrected chi connectivity index (χ0v) is 22.3. The van der Waals surface area contributed by atoms with E-state index in [9.17, 15) is 4.39 Å². The molecule has 0 unspecified atom stereocenters. The molecule has 0 radical (unpaired) electrons. The predicted octanol–water partition coefficient (Wildman–Crippen LogP) is 8.91. The van der Waals surface area contributed by atoms with E-state index < -0.39 is 0 Å². The molecule has 0 aliphatic heterocycles. The number of hydrogen-bond acceptors (Lipinski definition) is 1. The van der Waals surface area contributed by atoms with E-state index in [2.05, 4.69) is 63.5 Å². The van der Waals surface area contributed by atoms with Gasteiger partial charge in [-0.1, -0.05) is 63.8 Å². The summed E-state index contributed by atoms with van der Waals surface area (Å²) < 4.78 is 13.4. The predicted molar refractivity (Wildman–Crippen MR) is 148 cm³/mol. The van der Waals surface area contributed by atoms with Gasteiger partial charge in [0.2, 0.25) is 0 Å². The second kappa shape index (κ2) is 22.8. The van der Waals surface area contributed by atoms with Crippen molar-refractivity contribution >= 4 is 11.4 Å². The van der Waals surface area contributed by atoms with Gasteiger partial charge in [-0.15, -0.1) is 19.4 Å². The van der Waals surface area contributed by atoms with E-state index in [0.29, 0.717) is 5.56 Å². The minimum atomic E-state index is -0.106. The molecule has 3 heteroatoms. The lowest BCUT2D eigenvalue weighted by atomic mass is 9.99. The molecule has 1 rings (SSSR count). The van der Waals surface area contributed by atoms with E-state index in [0.717, 1.165) is 37.8 Å². The topological polar surface area (TPSA) is 24.4 Å². The summed E-state index contributed by atoms with van der Waals surface area (Å²) in [6, 6.07) is 5.51. The smallest absolute Gasteiger partial charge is 0.126 e. The van der Waals surface area contributed by atoms with Crippen LogP contribution in [0.2, 0.25) is 0 Å². The van der Waals surface area contributed by atoms with Gasteiger partial charge >= 0.3 is 0 Å². The Morgan fingerprint density at radius 1 is 1.03 bits per heavy atom. The monoisotopic (exact) mass is 456 g/mol. The van der Waals surface area contributed by atoms with E-state index >= 15 is 0 Å². The van der Waals surface area contributed by atoms with Gasteiger partial charge in [-0.2, -0.15) is 0 Å². The second-order valence-corrected chi connectivity index (χ2v) is 8.32. The van der Waals surface area contributed by atoms with Crippen LogP contribution in [0.5, 0.6) is 0 Å². The maximum atomic E-state index is 13.4. The van der Waals surface area contributed by atoms with Crippen molar-refractivity contribution in [1.82, 2.24) is 5.32 Å². The van der Waals surface area contributed by atoms with E-state index in [4.69, 9.17) is 0 Å². The summed E-state index contributed by atoms with van der Waals surface area (Å²) in [5, 5.41) is 3.42. The fraction of sp³-hybridized carbons (Fsp3) is 0.567. The van der Waals surface area contributed by atoms with E-state index in [1.165, 1.54) is 55.5 Å². The highest BCUT2D eigenvalue weighted by molar-refractivity contribution is 5.81. The molecule has 0 fully saturated rings. The number of terminal acetylenes is 1. The van der Waals surface area contributed by atoms with Crippen LogP contribution in [0.15, 0.2) is 41.4 Å². The van der Waals surface area contributed by atoms with E-state index in [1.54, 1.807) is 13.0 Å². The molecule has 0 atom stereocenters. The number of aryl methyl sites for hydroxylation is 1. The van der Waals surface area contributed by atoms with E-state index in [-0.39, 0.29) is 5.82 Å². The third-order valence-corrected chi connectivity index (χ3v) is 5.16. The van der Waals surface area contributed by atoms with Gasteiger partial charge in [-0.3, -0.25) is 4.99 Å². The van der Waals surface area contributed by atoms with E-state index in [1.807, 2.05) is 19.2 Å². The first kappa shape index (κ1) is 32.8. The number of nitrogens with one attached hydrogen (secondary N) is 1. The molecule has 0 aliphatic rings. The Morgan fingerprint density at radius 3 is 2.24 bits per heavy atom. The maximum absolute atomic E-state index is 13.4. The standard InChI is InChI=1S/C14H19F.C14H28N2.C2H2/c1-4-6-12(7-5-2)13-9-8-11(3)14(15)10-13;1-5-6-11-14(15-4)16-12-9-7-8-10-13(2)3;1-2/h6,8-10H,4-5,7H2,1-3H3;2,5-12H2,1,3-4H3,(H,15,16);1-2H/b12-6+;;. The molecule has 0 heterocycles. The van der Waals surface area contributed by atoms with Crippen LogP contribution < -0.4 is 5.32 Å². The van der Waals surface area contributed by atoms with Crippen LogP contribution in [0, 0.1) is 25.6 Å². The Hall–Kier alpha value is -2.34. The fourth-order valence-corrected chi connectivity index (χ4v) is 3.26. The maximum Gasteiger partial charge on any atom is 0.126 e. The number of allylic oxidation sites excluding steroid dienone is 3. The minimum absolute atomic E-state index is 0.106. The van der Waals surface area contributed by atoms with Crippen LogP contribution in [-0.2, 0) is 0 Å². The number of halogens is 1. The third-order valence-electron chi connectivity index (χ3n) is 5.16. The molecule has 0 aromatic heterocycles. The van der Waals surface area contributed by atoms with Gasteiger partial charge in [0.25, 0.3) is 0 Å². The summed E-state index contributed by atoms with van der Waals surface area (Å²) in [4.78, 5) is 4.26. The van der Waals surface area contributed by atoms with Crippen molar-refractivity contribution in [2.75, 3.05) is 13.6 Å². The Balaban J connectivity index is 0. The molecule has 0 aliphatic carbocycles. The zero-order valence-electron chi connectivity index (χ0n) is 22.3. The molecule has 2 nitrogen and oxygen atoms in total. The first-order chi connectivity index (χ1) is 15.9. The summed E-state index contributed by atoms with van der Waals surface area (Å²) in [5.74, 6) is 1.06. The fourth-order valence-electron chi connectivity index (χ4n) is 3.26. The van der Waals surface area contributed by atoms with Crippen molar-refractivity contribution in [2.24, 2.45) is 4.99 Å². The summed E-state index contributed by atoms with van der Waals surface area (Å²) in [6.07, 6.45) is 21.8. The van der Waals surface area contributed by atoms with Gasteiger partial charge < -0.3 is 5.32 Å². The minimum Gasteiger partial charge on any atom is -0.374 e. The number of nitrogens with zero attached hydrogens (tertiary/aromatic N) is 1. The number of aliphatic imine (C=N–C) groups is 1. The lowest BCUT2D eigenvalue weighted by Gasteiger charge is -2.08. The molecule has 1 aromatic carbocycles. The Bertz CT molecular complexity index is 713. The second-order valence-electron chi connectivity index (χ2n) is 8.32. The van der Waals surface area contributed by atoms with Crippen LogP contribution >= 0.6 is 0 Å². The molecule has 0 saturated carbocycles. The molecular formula is C30H49FN2. The Kier molecular flexibility index (Phi) is 22.7. The summed E-state index contributed by atoms with van der Waals surface area (Å²) in [7, 11) is 1.87. The van der Waals surface area contributed by atoms with Crippen molar-refractivity contribution in [1.29, 1.82) is 0 Å². The van der Waals surface area contributed by atoms with Crippen LogP contribution in [0.1, 0.15) is 103 Å². The molecular weight excluding hydrogens is 407 g/mol. The highest BCUT2D eigenvalue weighted by atomic mass is 19.1. The van der Waals surface area contributed by atoms with Crippen LogP contribution in [-0.4, -0.2) is 19.4 Å². The summed E-state index contributed by atoms with van der Waals surface area (Å²) in [6.45, 7) is 15.3. The van der Waals surface area contributed by atoms with Crippen molar-refractivity contribution in [3.05, 3.63) is 53.4 Å². The van der Waals surface area contributed by atoms with Crippen LogP contribution in [0.25, 0.3) is 5.57 Å². The van der Waals surface area contributed by atoms with Crippen LogP contribution in [0.3, 0.4) is 0 Å². The van der Waals surface area contributed by atoms with Gasteiger partial charge in [0.1, 0.15) is 5.82 Å². The van der Waals surface area contributed by atoms with Gasteiger partial charge in [-0.25, -0.2) is 4.39 Å². The van der Waals surface area contributed by atoms with Gasteiger partial charge in [0, 0.05) is 20.0 Å². The third kappa shape index (κ3) is 17.8. The summed E-state index contributed by atoms with van der Waals surface area (Å²) in [5.41, 5.74) is 4.30. The molecule has 0 saturated heterocycles. The van der Waals surface area contributed by atoms with Gasteiger partial charge in [0.05, 0.1) is 5.84 Å². The largest absolute Gasteiger partial charge is 0.374 e. The Labute approximate surface area is 204 Å². The number of rotatable bonds is 13. The molecule has 1 N–H and O–H groups in total.